The molecule has 122 valence electrons. The van der Waals surface area contributed by atoms with Crippen LogP contribution in [0.15, 0.2) is 54.6 Å². The van der Waals surface area contributed by atoms with Gasteiger partial charge in [0.05, 0.1) is 12.3 Å². The van der Waals surface area contributed by atoms with Crippen LogP contribution in [0.3, 0.4) is 0 Å². The summed E-state index contributed by atoms with van der Waals surface area (Å²) in [5.41, 5.74) is 3.45. The van der Waals surface area contributed by atoms with E-state index in [0.717, 1.165) is 11.1 Å². The number of aryl methyl sites for hydroxylation is 1. The smallest absolute Gasteiger partial charge is 0.358 e. The van der Waals surface area contributed by atoms with Crippen LogP contribution in [-0.4, -0.2) is 27.5 Å². The van der Waals surface area contributed by atoms with Crippen molar-refractivity contribution in [1.29, 1.82) is 0 Å². The van der Waals surface area contributed by atoms with E-state index in [1.807, 2.05) is 31.2 Å². The molecule has 0 fully saturated rings. The predicted molar refractivity (Wildman–Crippen MR) is 91.4 cm³/mol. The summed E-state index contributed by atoms with van der Waals surface area (Å²) in [5.74, 6) is -0.399. The van der Waals surface area contributed by atoms with Gasteiger partial charge in [0.25, 0.3) is 0 Å². The molecule has 0 saturated heterocycles. The van der Waals surface area contributed by atoms with Crippen molar-refractivity contribution >= 4 is 5.97 Å². The maximum atomic E-state index is 12.1. The van der Waals surface area contributed by atoms with E-state index in [9.17, 15) is 9.90 Å². The maximum absolute atomic E-state index is 12.1. The van der Waals surface area contributed by atoms with Gasteiger partial charge in [0, 0.05) is 5.56 Å². The van der Waals surface area contributed by atoms with Gasteiger partial charge in [-0.25, -0.2) is 9.48 Å². The minimum atomic E-state index is -0.486. The minimum Gasteiger partial charge on any atom is -0.506 e. The van der Waals surface area contributed by atoms with Crippen molar-refractivity contribution < 1.29 is 14.6 Å². The Morgan fingerprint density at radius 3 is 2.54 bits per heavy atom. The molecular weight excluding hydrogens is 304 g/mol. The lowest BCUT2D eigenvalue weighted by Crippen LogP contribution is -2.06. The number of aromatic hydroxyl groups is 1. The maximum Gasteiger partial charge on any atom is 0.358 e. The highest BCUT2D eigenvalue weighted by Gasteiger charge is 2.18. The number of aromatic nitrogens is 2. The Hall–Kier alpha value is -3.08. The number of hydrogen-bond acceptors (Lipinski definition) is 4. The number of phenols is 1. The van der Waals surface area contributed by atoms with Gasteiger partial charge in [0.1, 0.15) is 11.4 Å². The fourth-order valence-corrected chi connectivity index (χ4v) is 2.44. The van der Waals surface area contributed by atoms with E-state index < -0.39 is 5.97 Å². The molecule has 0 spiro atoms. The van der Waals surface area contributed by atoms with Crippen molar-refractivity contribution in [2.75, 3.05) is 6.61 Å². The molecule has 3 rings (SSSR count). The highest BCUT2D eigenvalue weighted by molar-refractivity contribution is 5.89. The van der Waals surface area contributed by atoms with Gasteiger partial charge in [-0.2, -0.15) is 5.10 Å². The highest BCUT2D eigenvalue weighted by Crippen LogP contribution is 2.28. The fraction of sp³-hybridized carbons (Fsp3) is 0.158. The number of rotatable bonds is 4. The number of nitrogens with zero attached hydrogens (tertiary/aromatic N) is 2. The van der Waals surface area contributed by atoms with Crippen LogP contribution in [0, 0.1) is 6.92 Å². The van der Waals surface area contributed by atoms with Crippen molar-refractivity contribution in [3.05, 3.63) is 65.9 Å². The molecule has 0 amide bonds. The largest absolute Gasteiger partial charge is 0.506 e. The van der Waals surface area contributed by atoms with Crippen LogP contribution < -0.4 is 0 Å². The first-order chi connectivity index (χ1) is 11.6. The molecule has 0 atom stereocenters. The lowest BCUT2D eigenvalue weighted by Gasteiger charge is -2.09. The molecule has 0 aliphatic heterocycles. The van der Waals surface area contributed by atoms with E-state index >= 15 is 0 Å². The zero-order valence-electron chi connectivity index (χ0n) is 13.6. The number of benzene rings is 2. The molecule has 0 radical (unpaired) electrons. The summed E-state index contributed by atoms with van der Waals surface area (Å²) in [6.07, 6.45) is 0. The molecule has 3 aromatic rings. The van der Waals surface area contributed by atoms with Crippen molar-refractivity contribution in [1.82, 2.24) is 9.78 Å². The zero-order valence-corrected chi connectivity index (χ0v) is 13.6. The van der Waals surface area contributed by atoms with Crippen molar-refractivity contribution in [2.45, 2.75) is 13.8 Å². The molecule has 0 bridgehead atoms. The van der Waals surface area contributed by atoms with E-state index in [2.05, 4.69) is 5.10 Å². The first kappa shape index (κ1) is 15.8. The Kier molecular flexibility index (Phi) is 4.33. The molecule has 0 aliphatic rings. The molecule has 0 aliphatic carbocycles. The summed E-state index contributed by atoms with van der Waals surface area (Å²) >= 11 is 0. The number of hydrogen-bond donors (Lipinski definition) is 1. The second-order valence-electron chi connectivity index (χ2n) is 5.40. The lowest BCUT2D eigenvalue weighted by molar-refractivity contribution is 0.0519. The molecule has 5 nitrogen and oxygen atoms in total. The van der Waals surface area contributed by atoms with Crippen LogP contribution in [-0.2, 0) is 4.74 Å². The highest BCUT2D eigenvalue weighted by atomic mass is 16.5. The molecule has 24 heavy (non-hydrogen) atoms. The van der Waals surface area contributed by atoms with Gasteiger partial charge >= 0.3 is 5.97 Å². The topological polar surface area (TPSA) is 64.3 Å². The number of carbonyl (C=O) groups is 1. The standard InChI is InChI=1S/C19H18N2O3/c1-3-24-19(23)15-12-17(14-10-8-13(2)9-11-14)21(20-15)16-6-4-5-7-18(16)22/h4-12,22H,3H2,1-2H3. The predicted octanol–water partition coefficient (Wildman–Crippen LogP) is 3.73. The fourth-order valence-electron chi connectivity index (χ4n) is 2.44. The van der Waals surface area contributed by atoms with Gasteiger partial charge in [0.15, 0.2) is 5.69 Å². The van der Waals surface area contributed by atoms with E-state index in [1.54, 1.807) is 41.9 Å². The first-order valence-electron chi connectivity index (χ1n) is 7.72. The molecule has 1 aromatic heterocycles. The number of carbonyl (C=O) groups excluding carboxylic acids is 1. The van der Waals surface area contributed by atoms with Crippen LogP contribution in [0.25, 0.3) is 16.9 Å². The van der Waals surface area contributed by atoms with Gasteiger partial charge in [-0.05, 0) is 32.0 Å². The van der Waals surface area contributed by atoms with Crippen LogP contribution in [0.5, 0.6) is 5.75 Å². The Balaban J connectivity index is 2.17. The second-order valence-corrected chi connectivity index (χ2v) is 5.40. The van der Waals surface area contributed by atoms with Gasteiger partial charge in [0.2, 0.25) is 0 Å². The van der Waals surface area contributed by atoms with E-state index in [-0.39, 0.29) is 18.1 Å². The number of esters is 1. The normalized spacial score (nSPS) is 10.6. The average molecular weight is 322 g/mol. The van der Waals surface area contributed by atoms with Gasteiger partial charge in [-0.1, -0.05) is 42.0 Å². The molecule has 1 heterocycles. The van der Waals surface area contributed by atoms with Crippen molar-refractivity contribution in [2.24, 2.45) is 0 Å². The average Bonchev–Trinajstić information content (AvgIpc) is 3.01. The van der Waals surface area contributed by atoms with E-state index in [1.165, 1.54) is 0 Å². The van der Waals surface area contributed by atoms with Crippen molar-refractivity contribution in [3.63, 3.8) is 0 Å². The summed E-state index contributed by atoms with van der Waals surface area (Å²) < 4.78 is 6.60. The van der Waals surface area contributed by atoms with Gasteiger partial charge in [-0.3, -0.25) is 0 Å². The van der Waals surface area contributed by atoms with E-state index in [0.29, 0.717) is 11.4 Å². The molecular formula is C19H18N2O3. The Morgan fingerprint density at radius 1 is 1.17 bits per heavy atom. The first-order valence-corrected chi connectivity index (χ1v) is 7.72. The summed E-state index contributed by atoms with van der Waals surface area (Å²) in [7, 11) is 0. The van der Waals surface area contributed by atoms with Gasteiger partial charge < -0.3 is 9.84 Å². The van der Waals surface area contributed by atoms with Crippen LogP contribution in [0.1, 0.15) is 23.0 Å². The summed E-state index contributed by atoms with van der Waals surface area (Å²) in [5, 5.41) is 14.5. The molecule has 2 aromatic carbocycles. The zero-order chi connectivity index (χ0) is 17.1. The third kappa shape index (κ3) is 3.01. The summed E-state index contributed by atoms with van der Waals surface area (Å²) in [6, 6.07) is 16.4. The summed E-state index contributed by atoms with van der Waals surface area (Å²) in [4.78, 5) is 12.1. The van der Waals surface area contributed by atoms with Crippen LogP contribution in [0.2, 0.25) is 0 Å². The quantitative estimate of drug-likeness (QED) is 0.743. The third-order valence-corrected chi connectivity index (χ3v) is 3.65. The third-order valence-electron chi connectivity index (χ3n) is 3.65. The van der Waals surface area contributed by atoms with Crippen molar-refractivity contribution in [3.8, 4) is 22.7 Å². The SMILES string of the molecule is CCOC(=O)c1cc(-c2ccc(C)cc2)n(-c2ccccc2O)n1. The molecule has 0 unspecified atom stereocenters. The monoisotopic (exact) mass is 322 g/mol. The summed E-state index contributed by atoms with van der Waals surface area (Å²) in [6.45, 7) is 4.04. The number of para-hydroxylation sites is 2. The van der Waals surface area contributed by atoms with Crippen LogP contribution >= 0.6 is 0 Å². The molecule has 1 N–H and O–H groups in total. The van der Waals surface area contributed by atoms with Gasteiger partial charge in [-0.15, -0.1) is 0 Å². The Bertz CT molecular complexity index is 867. The minimum absolute atomic E-state index is 0.0874. The Labute approximate surface area is 140 Å². The van der Waals surface area contributed by atoms with Crippen LogP contribution in [0.4, 0.5) is 0 Å². The molecule has 5 heteroatoms. The molecule has 0 saturated carbocycles. The van der Waals surface area contributed by atoms with E-state index in [4.69, 9.17) is 4.74 Å². The number of ether oxygens (including phenoxy) is 1. The second kappa shape index (κ2) is 6.58. The Morgan fingerprint density at radius 2 is 1.88 bits per heavy atom. The number of phenolic OH excluding ortho intramolecular Hbond substituents is 1. The lowest BCUT2D eigenvalue weighted by atomic mass is 10.1.